The Labute approximate surface area is 252 Å². The second-order valence-corrected chi connectivity index (χ2v) is 12.2. The van der Waals surface area contributed by atoms with E-state index in [0.717, 1.165) is 52.6 Å². The van der Waals surface area contributed by atoms with E-state index in [1.54, 1.807) is 27.2 Å². The predicted molar refractivity (Wildman–Crippen MR) is 172 cm³/mol. The average molecular weight is 589 g/mol. The highest BCUT2D eigenvalue weighted by atomic mass is 32.2. The third-order valence-electron chi connectivity index (χ3n) is 6.53. The van der Waals surface area contributed by atoms with E-state index in [0.29, 0.717) is 29.6 Å². The second-order valence-electron chi connectivity index (χ2n) is 11.1. The second kappa shape index (κ2) is 13.9. The van der Waals surface area contributed by atoms with Crippen molar-refractivity contribution < 1.29 is 14.3 Å². The van der Waals surface area contributed by atoms with Gasteiger partial charge in [-0.2, -0.15) is 11.8 Å². The highest BCUT2D eigenvalue weighted by Gasteiger charge is 2.25. The standard InChI is InChI=1S/C32H40N6O3S/c1-6-8-13-26-37-27-28(23-11-9-10-12-24(23)35-29(27)33)38(26)19-21-14-16-22(17-15-21)34-30(39)25(20-42-18-7-2)36-31(40)41-32(3,4)5/h7,9-12,14-17,25H,2,6,8,13,18-20H2,1,3-5H3,(H2,33,35)(H,34,39)(H,36,40)/t25-/m0/s1. The van der Waals surface area contributed by atoms with Gasteiger partial charge in [0, 0.05) is 29.8 Å². The Morgan fingerprint density at radius 1 is 1.14 bits per heavy atom. The van der Waals surface area contributed by atoms with Gasteiger partial charge in [0.1, 0.15) is 23.0 Å². The number of aryl methyl sites for hydroxylation is 1. The van der Waals surface area contributed by atoms with Crippen LogP contribution >= 0.6 is 11.8 Å². The van der Waals surface area contributed by atoms with E-state index < -0.39 is 17.7 Å². The fourth-order valence-corrected chi connectivity index (χ4v) is 5.38. The first-order valence-electron chi connectivity index (χ1n) is 14.2. The van der Waals surface area contributed by atoms with Crippen LogP contribution in [0.4, 0.5) is 16.3 Å². The predicted octanol–water partition coefficient (Wildman–Crippen LogP) is 6.16. The molecule has 0 fully saturated rings. The molecule has 2 amide bonds. The monoisotopic (exact) mass is 588 g/mol. The molecule has 0 aliphatic rings. The number of carbonyl (C=O) groups excluding carboxylic acids is 2. The van der Waals surface area contributed by atoms with Crippen LogP contribution in [0.5, 0.6) is 0 Å². The molecule has 2 radical (unpaired) electrons. The van der Waals surface area contributed by atoms with E-state index >= 15 is 0 Å². The number of hydrogen-bond acceptors (Lipinski definition) is 7. The Hall–Kier alpha value is -3.79. The molecule has 0 unspecified atom stereocenters. The van der Waals surface area contributed by atoms with Gasteiger partial charge in [0.2, 0.25) is 5.91 Å². The summed E-state index contributed by atoms with van der Waals surface area (Å²) in [7, 11) is 0. The molecule has 4 aromatic rings. The summed E-state index contributed by atoms with van der Waals surface area (Å²) in [5.41, 5.74) is 9.91. The molecule has 0 spiro atoms. The molecule has 9 nitrogen and oxygen atoms in total. The van der Waals surface area contributed by atoms with Crippen LogP contribution in [0.1, 0.15) is 51.9 Å². The number of nitrogens with zero attached hydrogens (tertiary/aromatic N) is 3. The molecule has 4 N–H and O–H groups in total. The van der Waals surface area contributed by atoms with Gasteiger partial charge in [0.15, 0.2) is 5.82 Å². The van der Waals surface area contributed by atoms with Gasteiger partial charge in [0.25, 0.3) is 0 Å². The minimum atomic E-state index is -0.768. The smallest absolute Gasteiger partial charge is 0.408 e. The molecule has 0 aliphatic heterocycles. The number of ether oxygens (including phenoxy) is 1. The summed E-state index contributed by atoms with van der Waals surface area (Å²) < 4.78 is 7.59. The van der Waals surface area contributed by atoms with E-state index in [4.69, 9.17) is 15.5 Å². The number of pyridine rings is 1. The van der Waals surface area contributed by atoms with E-state index in [1.165, 1.54) is 11.8 Å². The number of unbranched alkanes of at least 4 members (excludes halogenated alkanes) is 1. The maximum atomic E-state index is 13.1. The van der Waals surface area contributed by atoms with Crippen molar-refractivity contribution in [3.63, 3.8) is 0 Å². The molecule has 0 aliphatic carbocycles. The Kier molecular flexibility index (Phi) is 10.3. The average Bonchev–Trinajstić information content (AvgIpc) is 3.30. The molecule has 0 saturated heterocycles. The fourth-order valence-electron chi connectivity index (χ4n) is 4.61. The summed E-state index contributed by atoms with van der Waals surface area (Å²) in [6, 6.07) is 14.9. The van der Waals surface area contributed by atoms with Crippen LogP contribution in [0, 0.1) is 13.3 Å². The van der Waals surface area contributed by atoms with Crippen LogP contribution in [0.25, 0.3) is 21.9 Å². The summed E-state index contributed by atoms with van der Waals surface area (Å²) >= 11 is 1.50. The van der Waals surface area contributed by atoms with Crippen LogP contribution in [-0.2, 0) is 22.5 Å². The summed E-state index contributed by atoms with van der Waals surface area (Å²) in [6.45, 7) is 11.8. The first-order valence-corrected chi connectivity index (χ1v) is 15.4. The van der Waals surface area contributed by atoms with Crippen LogP contribution in [0.3, 0.4) is 0 Å². The molecule has 0 bridgehead atoms. The number of aromatic nitrogens is 3. The topological polar surface area (TPSA) is 124 Å². The molecule has 10 heteroatoms. The van der Waals surface area contributed by atoms with Crippen LogP contribution in [0.2, 0.25) is 0 Å². The highest BCUT2D eigenvalue weighted by molar-refractivity contribution is 7.99. The molecular formula is C32H40N6O3S. The number of benzene rings is 2. The Morgan fingerprint density at radius 2 is 1.88 bits per heavy atom. The number of hydrogen-bond donors (Lipinski definition) is 3. The van der Waals surface area contributed by atoms with Crippen molar-refractivity contribution in [2.24, 2.45) is 0 Å². The molecule has 2 aromatic carbocycles. The number of nitrogens with two attached hydrogens (primary N) is 1. The zero-order valence-corrected chi connectivity index (χ0v) is 25.6. The molecule has 222 valence electrons. The molecular weight excluding hydrogens is 548 g/mol. The lowest BCUT2D eigenvalue weighted by Gasteiger charge is -2.23. The third kappa shape index (κ3) is 7.94. The van der Waals surface area contributed by atoms with Crippen molar-refractivity contribution in [2.75, 3.05) is 22.6 Å². The van der Waals surface area contributed by atoms with Crippen molar-refractivity contribution in [3.8, 4) is 0 Å². The number of imidazole rings is 1. The summed E-state index contributed by atoms with van der Waals surface area (Å²) in [5, 5.41) is 6.64. The number of thioether (sulfide) groups is 1. The maximum absolute atomic E-state index is 13.1. The van der Waals surface area contributed by atoms with Crippen LogP contribution in [0.15, 0.2) is 48.5 Å². The SMILES string of the molecule is [CH2][CH]CSC[C@H](NC(=O)OC(C)(C)C)C(=O)Nc1ccc(Cn2c(CCCC)nc3c(N)nc4ccccc4c32)cc1. The number of alkyl carbamates (subject to hydrolysis) is 1. The molecule has 1 atom stereocenters. The molecule has 2 aromatic heterocycles. The van der Waals surface area contributed by atoms with Gasteiger partial charge >= 0.3 is 6.09 Å². The number of carbonyl (C=O) groups is 2. The van der Waals surface area contributed by atoms with E-state index in [9.17, 15) is 9.59 Å². The number of anilines is 2. The number of amides is 2. The highest BCUT2D eigenvalue weighted by Crippen LogP contribution is 2.30. The summed E-state index contributed by atoms with van der Waals surface area (Å²) in [4.78, 5) is 35.0. The molecule has 4 rings (SSSR count). The normalized spacial score (nSPS) is 12.4. The number of fused-ring (bicyclic) bond motifs is 3. The van der Waals surface area contributed by atoms with Gasteiger partial charge in [-0.3, -0.25) is 4.79 Å². The largest absolute Gasteiger partial charge is 0.444 e. The number of rotatable bonds is 12. The summed E-state index contributed by atoms with van der Waals surface area (Å²) in [6.07, 6.45) is 4.04. The Balaban J connectivity index is 1.55. The van der Waals surface area contributed by atoms with Crippen LogP contribution in [-0.4, -0.2) is 49.7 Å². The lowest BCUT2D eigenvalue weighted by Crippen LogP contribution is -2.47. The number of nitrogens with one attached hydrogen (secondary N) is 2. The summed E-state index contributed by atoms with van der Waals surface area (Å²) in [5.74, 6) is 2.13. The van der Waals surface area contributed by atoms with Gasteiger partial charge in [-0.25, -0.2) is 14.8 Å². The van der Waals surface area contributed by atoms with Crippen molar-refractivity contribution in [3.05, 3.63) is 73.3 Å². The first-order chi connectivity index (χ1) is 20.1. The van der Waals surface area contributed by atoms with Gasteiger partial charge < -0.3 is 25.7 Å². The van der Waals surface area contributed by atoms with Gasteiger partial charge in [0.05, 0.1) is 11.0 Å². The lowest BCUT2D eigenvalue weighted by molar-refractivity contribution is -0.117. The first kappa shape index (κ1) is 31.2. The van der Waals surface area contributed by atoms with Gasteiger partial charge in [-0.1, -0.05) is 43.7 Å². The minimum Gasteiger partial charge on any atom is -0.444 e. The van der Waals surface area contributed by atoms with Crippen molar-refractivity contribution in [1.29, 1.82) is 0 Å². The van der Waals surface area contributed by atoms with Crippen molar-refractivity contribution in [2.45, 2.75) is 65.1 Å². The maximum Gasteiger partial charge on any atom is 0.408 e. The molecule has 2 heterocycles. The lowest BCUT2D eigenvalue weighted by atomic mass is 10.1. The van der Waals surface area contributed by atoms with Gasteiger partial charge in [-0.15, -0.1) is 0 Å². The zero-order chi connectivity index (χ0) is 30.3. The Morgan fingerprint density at radius 3 is 2.57 bits per heavy atom. The van der Waals surface area contributed by atoms with Crippen molar-refractivity contribution in [1.82, 2.24) is 19.9 Å². The van der Waals surface area contributed by atoms with Gasteiger partial charge in [-0.05, 0) is 70.1 Å². The molecule has 42 heavy (non-hydrogen) atoms. The third-order valence-corrected chi connectivity index (χ3v) is 7.57. The molecule has 0 saturated carbocycles. The van der Waals surface area contributed by atoms with E-state index in [1.807, 2.05) is 42.5 Å². The van der Waals surface area contributed by atoms with E-state index in [-0.39, 0.29) is 5.91 Å². The quantitative estimate of drug-likeness (QED) is 0.169. The number of para-hydroxylation sites is 1. The number of nitrogen functional groups attached to an aromatic ring is 1. The fraction of sp³-hybridized carbons (Fsp3) is 0.375. The van der Waals surface area contributed by atoms with E-state index in [2.05, 4.69) is 40.1 Å². The zero-order valence-electron chi connectivity index (χ0n) is 24.8. The Bertz CT molecular complexity index is 1530. The van der Waals surface area contributed by atoms with Crippen LogP contribution < -0.4 is 16.4 Å². The van der Waals surface area contributed by atoms with Crippen molar-refractivity contribution >= 4 is 57.2 Å². The minimum absolute atomic E-state index is 0.318.